The molecule has 0 spiro atoms. The van der Waals surface area contributed by atoms with Crippen LogP contribution in [0.25, 0.3) is 0 Å². The predicted octanol–water partition coefficient (Wildman–Crippen LogP) is 3.09. The van der Waals surface area contributed by atoms with Gasteiger partial charge in [0.05, 0.1) is 18.8 Å². The summed E-state index contributed by atoms with van der Waals surface area (Å²) in [6.45, 7) is 6.10. The molecular weight excluding hydrogens is 238 g/mol. The van der Waals surface area contributed by atoms with Crippen molar-refractivity contribution in [2.75, 3.05) is 20.3 Å². The number of fused-ring (bicyclic) bond motifs is 1. The highest BCUT2D eigenvalue weighted by Gasteiger charge is 2.23. The Morgan fingerprint density at radius 1 is 1.37 bits per heavy atom. The van der Waals surface area contributed by atoms with Gasteiger partial charge in [0.15, 0.2) is 0 Å². The monoisotopic (exact) mass is 263 g/mol. The van der Waals surface area contributed by atoms with E-state index in [0.717, 1.165) is 38.2 Å². The number of rotatable bonds is 7. The predicted molar refractivity (Wildman–Crippen MR) is 77.8 cm³/mol. The summed E-state index contributed by atoms with van der Waals surface area (Å²) < 4.78 is 11.3. The lowest BCUT2D eigenvalue weighted by molar-refractivity contribution is 0.0611. The smallest absolute Gasteiger partial charge is 0.122 e. The van der Waals surface area contributed by atoms with Crippen molar-refractivity contribution in [2.45, 2.75) is 45.3 Å². The van der Waals surface area contributed by atoms with Gasteiger partial charge in [-0.1, -0.05) is 32.4 Å². The summed E-state index contributed by atoms with van der Waals surface area (Å²) >= 11 is 0. The van der Waals surface area contributed by atoms with E-state index in [-0.39, 0.29) is 12.1 Å². The van der Waals surface area contributed by atoms with E-state index in [2.05, 4.69) is 37.4 Å². The zero-order chi connectivity index (χ0) is 13.7. The van der Waals surface area contributed by atoms with Crippen molar-refractivity contribution >= 4 is 0 Å². The van der Waals surface area contributed by atoms with E-state index >= 15 is 0 Å². The molecule has 0 amide bonds. The summed E-state index contributed by atoms with van der Waals surface area (Å²) in [4.78, 5) is 0. The Morgan fingerprint density at radius 3 is 2.89 bits per heavy atom. The lowest BCUT2D eigenvalue weighted by Gasteiger charge is -2.27. The third kappa shape index (κ3) is 3.28. The quantitative estimate of drug-likeness (QED) is 0.820. The molecule has 0 radical (unpaired) electrons. The highest BCUT2D eigenvalue weighted by atomic mass is 16.5. The second-order valence-corrected chi connectivity index (χ2v) is 5.06. The van der Waals surface area contributed by atoms with Gasteiger partial charge in [-0.2, -0.15) is 0 Å². The Hall–Kier alpha value is -1.06. The molecule has 1 N–H and O–H groups in total. The normalized spacial score (nSPS) is 16.8. The van der Waals surface area contributed by atoms with Gasteiger partial charge in [0.2, 0.25) is 0 Å². The van der Waals surface area contributed by atoms with Gasteiger partial charge < -0.3 is 14.8 Å². The molecule has 0 aromatic heterocycles. The van der Waals surface area contributed by atoms with Gasteiger partial charge in [-0.3, -0.25) is 0 Å². The second kappa shape index (κ2) is 6.92. The highest BCUT2D eigenvalue weighted by Crippen LogP contribution is 2.30. The van der Waals surface area contributed by atoms with E-state index in [1.54, 1.807) is 7.11 Å². The molecule has 1 aromatic carbocycles. The molecule has 0 saturated carbocycles. The molecule has 3 heteroatoms. The molecule has 3 nitrogen and oxygen atoms in total. The van der Waals surface area contributed by atoms with Crippen molar-refractivity contribution in [2.24, 2.45) is 0 Å². The minimum Gasteiger partial charge on any atom is -0.493 e. The summed E-state index contributed by atoms with van der Waals surface area (Å²) in [6.07, 6.45) is 3.45. The Labute approximate surface area is 116 Å². The SMILES string of the molecule is CCCC(OC)C(NCC)c1ccc2c(c1)CCO2. The first-order valence-electron chi connectivity index (χ1n) is 7.32. The molecule has 0 aliphatic carbocycles. The van der Waals surface area contributed by atoms with Gasteiger partial charge in [0.1, 0.15) is 5.75 Å². The number of likely N-dealkylation sites (N-methyl/N-ethyl adjacent to an activating group) is 1. The molecule has 106 valence electrons. The van der Waals surface area contributed by atoms with Crippen LogP contribution in [0, 0.1) is 0 Å². The average molecular weight is 263 g/mol. The summed E-state index contributed by atoms with van der Waals surface area (Å²) in [6, 6.07) is 6.80. The van der Waals surface area contributed by atoms with Crippen molar-refractivity contribution in [1.82, 2.24) is 5.32 Å². The van der Waals surface area contributed by atoms with Crippen LogP contribution in [0.2, 0.25) is 0 Å². The van der Waals surface area contributed by atoms with Crippen molar-refractivity contribution in [1.29, 1.82) is 0 Å². The summed E-state index contributed by atoms with van der Waals surface area (Å²) in [5.41, 5.74) is 2.64. The van der Waals surface area contributed by atoms with Crippen molar-refractivity contribution in [3.63, 3.8) is 0 Å². The molecule has 0 bridgehead atoms. The molecule has 2 rings (SSSR count). The minimum atomic E-state index is 0.227. The zero-order valence-corrected chi connectivity index (χ0v) is 12.2. The average Bonchev–Trinajstić information content (AvgIpc) is 2.90. The van der Waals surface area contributed by atoms with E-state index in [4.69, 9.17) is 9.47 Å². The molecular formula is C16H25NO2. The molecule has 1 aliphatic rings. The number of methoxy groups -OCH3 is 1. The summed E-state index contributed by atoms with van der Waals surface area (Å²) in [7, 11) is 1.81. The van der Waals surface area contributed by atoms with Gasteiger partial charge in [0.25, 0.3) is 0 Å². The van der Waals surface area contributed by atoms with E-state index in [1.807, 2.05) is 0 Å². The fraction of sp³-hybridized carbons (Fsp3) is 0.625. The van der Waals surface area contributed by atoms with Crippen molar-refractivity contribution < 1.29 is 9.47 Å². The molecule has 2 unspecified atom stereocenters. The Morgan fingerprint density at radius 2 is 2.21 bits per heavy atom. The number of benzene rings is 1. The van der Waals surface area contributed by atoms with E-state index in [1.165, 1.54) is 11.1 Å². The maximum atomic E-state index is 5.69. The zero-order valence-electron chi connectivity index (χ0n) is 12.2. The third-order valence-corrected chi connectivity index (χ3v) is 3.74. The maximum Gasteiger partial charge on any atom is 0.122 e. The fourth-order valence-electron chi connectivity index (χ4n) is 2.79. The molecule has 1 aliphatic heterocycles. The topological polar surface area (TPSA) is 30.5 Å². The van der Waals surface area contributed by atoms with Gasteiger partial charge in [-0.05, 0) is 30.2 Å². The fourth-order valence-corrected chi connectivity index (χ4v) is 2.79. The number of hydrogen-bond acceptors (Lipinski definition) is 3. The summed E-state index contributed by atoms with van der Waals surface area (Å²) in [5.74, 6) is 1.04. The van der Waals surface area contributed by atoms with Crippen LogP contribution in [0.15, 0.2) is 18.2 Å². The third-order valence-electron chi connectivity index (χ3n) is 3.74. The van der Waals surface area contributed by atoms with Crippen LogP contribution < -0.4 is 10.1 Å². The summed E-state index contributed by atoms with van der Waals surface area (Å²) in [5, 5.41) is 3.56. The van der Waals surface area contributed by atoms with Crippen LogP contribution in [0.1, 0.15) is 43.9 Å². The van der Waals surface area contributed by atoms with Crippen molar-refractivity contribution in [3.8, 4) is 5.75 Å². The molecule has 19 heavy (non-hydrogen) atoms. The molecule has 1 aromatic rings. The Balaban J connectivity index is 2.22. The van der Waals surface area contributed by atoms with E-state index in [9.17, 15) is 0 Å². The molecule has 0 fully saturated rings. The minimum absolute atomic E-state index is 0.227. The van der Waals surface area contributed by atoms with Crippen LogP contribution in [0.4, 0.5) is 0 Å². The van der Waals surface area contributed by atoms with Crippen LogP contribution in [-0.2, 0) is 11.2 Å². The van der Waals surface area contributed by atoms with E-state index < -0.39 is 0 Å². The Kier molecular flexibility index (Phi) is 5.23. The largest absolute Gasteiger partial charge is 0.493 e. The van der Waals surface area contributed by atoms with Gasteiger partial charge in [-0.15, -0.1) is 0 Å². The first kappa shape index (κ1) is 14.4. The number of hydrogen-bond donors (Lipinski definition) is 1. The lowest BCUT2D eigenvalue weighted by atomic mass is 9.96. The maximum absolute atomic E-state index is 5.69. The molecule has 0 saturated heterocycles. The lowest BCUT2D eigenvalue weighted by Crippen LogP contribution is -2.33. The highest BCUT2D eigenvalue weighted by molar-refractivity contribution is 5.41. The first-order chi connectivity index (χ1) is 9.30. The number of ether oxygens (including phenoxy) is 2. The first-order valence-corrected chi connectivity index (χ1v) is 7.32. The standard InChI is InChI=1S/C16H25NO2/c1-4-6-15(18-3)16(17-5-2)13-7-8-14-12(11-13)9-10-19-14/h7-8,11,15-17H,4-6,9-10H2,1-3H3. The Bertz CT molecular complexity index is 406. The number of nitrogens with one attached hydrogen (secondary N) is 1. The van der Waals surface area contributed by atoms with Crippen LogP contribution in [0.3, 0.4) is 0 Å². The van der Waals surface area contributed by atoms with Crippen LogP contribution in [-0.4, -0.2) is 26.4 Å². The molecule has 1 heterocycles. The van der Waals surface area contributed by atoms with Crippen LogP contribution >= 0.6 is 0 Å². The van der Waals surface area contributed by atoms with Gasteiger partial charge >= 0.3 is 0 Å². The van der Waals surface area contributed by atoms with Crippen LogP contribution in [0.5, 0.6) is 5.75 Å². The van der Waals surface area contributed by atoms with Gasteiger partial charge in [0, 0.05) is 13.5 Å². The molecule has 2 atom stereocenters. The second-order valence-electron chi connectivity index (χ2n) is 5.06. The van der Waals surface area contributed by atoms with Crippen molar-refractivity contribution in [3.05, 3.63) is 29.3 Å². The van der Waals surface area contributed by atoms with Gasteiger partial charge in [-0.25, -0.2) is 0 Å². The van der Waals surface area contributed by atoms with E-state index in [0.29, 0.717) is 0 Å².